The van der Waals surface area contributed by atoms with Crippen molar-refractivity contribution in [1.82, 2.24) is 0 Å². The van der Waals surface area contributed by atoms with Crippen LogP contribution < -0.4 is 5.43 Å². The summed E-state index contributed by atoms with van der Waals surface area (Å²) in [5.41, 5.74) is 0.263. The van der Waals surface area contributed by atoms with Gasteiger partial charge in [-0.1, -0.05) is 12.1 Å². The van der Waals surface area contributed by atoms with Gasteiger partial charge in [-0.3, -0.25) is 9.59 Å². The second-order valence-corrected chi connectivity index (χ2v) is 6.78. The number of hydrogen-bond donors (Lipinski definition) is 2. The standard InChI is InChI=1S/C23H22O9/c1-3-30-20(26)11-16(22-21(27)17(25)10-15(12-24)31-22)19-9-8-18(32-19)13-4-6-14(7-5-13)23(28)29-2/h4-10,16,24,27H,3,11-12H2,1-2H3/t16-/m0/s1. The first-order valence-corrected chi connectivity index (χ1v) is 9.78. The van der Waals surface area contributed by atoms with Gasteiger partial charge in [0.05, 0.1) is 31.6 Å². The summed E-state index contributed by atoms with van der Waals surface area (Å²) in [4.78, 5) is 35.9. The minimum atomic E-state index is -0.976. The number of aromatic hydroxyl groups is 1. The van der Waals surface area contributed by atoms with Crippen molar-refractivity contribution in [2.24, 2.45) is 0 Å². The molecule has 3 rings (SSSR count). The maximum Gasteiger partial charge on any atom is 0.337 e. The third kappa shape index (κ3) is 4.89. The molecule has 0 saturated carbocycles. The molecule has 0 unspecified atom stereocenters. The minimum absolute atomic E-state index is 0.0677. The molecule has 9 nitrogen and oxygen atoms in total. The van der Waals surface area contributed by atoms with Crippen molar-refractivity contribution in [2.75, 3.05) is 13.7 Å². The molecule has 0 saturated heterocycles. The van der Waals surface area contributed by atoms with Crippen LogP contribution >= 0.6 is 0 Å². The molecular weight excluding hydrogens is 420 g/mol. The highest BCUT2D eigenvalue weighted by molar-refractivity contribution is 5.89. The van der Waals surface area contributed by atoms with Gasteiger partial charge in [0.2, 0.25) is 11.2 Å². The van der Waals surface area contributed by atoms with Crippen molar-refractivity contribution in [3.63, 3.8) is 0 Å². The first-order chi connectivity index (χ1) is 15.4. The maximum absolute atomic E-state index is 12.2. The van der Waals surface area contributed by atoms with Crippen LogP contribution in [0, 0.1) is 0 Å². The van der Waals surface area contributed by atoms with E-state index < -0.39 is 35.6 Å². The SMILES string of the molecule is CCOC(=O)C[C@@H](c1ccc(-c2ccc(C(=O)OC)cc2)o1)c1oc(CO)cc(=O)c1O. The Balaban J connectivity index is 2.01. The van der Waals surface area contributed by atoms with Gasteiger partial charge in [0.1, 0.15) is 23.9 Å². The molecule has 9 heteroatoms. The van der Waals surface area contributed by atoms with Gasteiger partial charge in [0.15, 0.2) is 5.76 Å². The van der Waals surface area contributed by atoms with Crippen LogP contribution in [0.25, 0.3) is 11.3 Å². The predicted molar refractivity (Wildman–Crippen MR) is 111 cm³/mol. The number of furan rings is 1. The number of esters is 2. The Morgan fingerprint density at radius 3 is 2.44 bits per heavy atom. The van der Waals surface area contributed by atoms with Gasteiger partial charge in [-0.05, 0) is 31.2 Å². The van der Waals surface area contributed by atoms with E-state index in [4.69, 9.17) is 13.6 Å². The number of ether oxygens (including phenoxy) is 2. The fraction of sp³-hybridized carbons (Fsp3) is 0.261. The van der Waals surface area contributed by atoms with Gasteiger partial charge in [0, 0.05) is 11.6 Å². The monoisotopic (exact) mass is 442 g/mol. The lowest BCUT2D eigenvalue weighted by atomic mass is 9.98. The second kappa shape index (κ2) is 9.97. The van der Waals surface area contributed by atoms with Crippen LogP contribution in [-0.2, 0) is 20.9 Å². The highest BCUT2D eigenvalue weighted by atomic mass is 16.5. The van der Waals surface area contributed by atoms with E-state index in [1.54, 1.807) is 43.3 Å². The van der Waals surface area contributed by atoms with E-state index in [0.29, 0.717) is 16.9 Å². The number of benzene rings is 1. The predicted octanol–water partition coefficient (Wildman–Crippen LogP) is 2.97. The maximum atomic E-state index is 12.2. The number of carbonyl (C=O) groups excluding carboxylic acids is 2. The van der Waals surface area contributed by atoms with E-state index in [-0.39, 0.29) is 30.3 Å². The Kier molecular flexibility index (Phi) is 7.11. The first-order valence-electron chi connectivity index (χ1n) is 9.78. The molecule has 0 radical (unpaired) electrons. The number of aliphatic hydroxyl groups excluding tert-OH is 1. The summed E-state index contributed by atoms with van der Waals surface area (Å²) >= 11 is 0. The second-order valence-electron chi connectivity index (χ2n) is 6.78. The van der Waals surface area contributed by atoms with Crippen molar-refractivity contribution >= 4 is 11.9 Å². The van der Waals surface area contributed by atoms with Crippen molar-refractivity contribution in [3.05, 3.63) is 75.5 Å². The van der Waals surface area contributed by atoms with Gasteiger partial charge in [-0.25, -0.2) is 4.79 Å². The zero-order valence-electron chi connectivity index (χ0n) is 17.5. The number of rotatable bonds is 8. The van der Waals surface area contributed by atoms with E-state index in [0.717, 1.165) is 6.07 Å². The van der Waals surface area contributed by atoms with Gasteiger partial charge in [0.25, 0.3) is 0 Å². The molecular formula is C23H22O9. The average molecular weight is 442 g/mol. The van der Waals surface area contributed by atoms with E-state index >= 15 is 0 Å². The third-order valence-corrected chi connectivity index (χ3v) is 4.71. The minimum Gasteiger partial charge on any atom is -0.502 e. The Bertz CT molecular complexity index is 1150. The molecule has 3 aromatic rings. The first kappa shape index (κ1) is 22.8. The molecule has 0 aliphatic carbocycles. The molecule has 1 atom stereocenters. The molecule has 2 aromatic heterocycles. The van der Waals surface area contributed by atoms with Gasteiger partial charge in [-0.15, -0.1) is 0 Å². The van der Waals surface area contributed by atoms with Gasteiger partial charge in [-0.2, -0.15) is 0 Å². The van der Waals surface area contributed by atoms with Crippen molar-refractivity contribution < 1.29 is 38.1 Å². The van der Waals surface area contributed by atoms with Crippen LogP contribution in [0.2, 0.25) is 0 Å². The number of carbonyl (C=O) groups is 2. The van der Waals surface area contributed by atoms with E-state index in [2.05, 4.69) is 4.74 Å². The normalized spacial score (nSPS) is 11.7. The van der Waals surface area contributed by atoms with Crippen LogP contribution in [-0.4, -0.2) is 35.9 Å². The van der Waals surface area contributed by atoms with Gasteiger partial charge < -0.3 is 28.5 Å². The van der Waals surface area contributed by atoms with Crippen LogP contribution in [0.4, 0.5) is 0 Å². The Labute approximate surface area is 182 Å². The van der Waals surface area contributed by atoms with E-state index in [1.165, 1.54) is 7.11 Å². The third-order valence-electron chi connectivity index (χ3n) is 4.71. The Morgan fingerprint density at radius 2 is 1.81 bits per heavy atom. The molecule has 0 amide bonds. The van der Waals surface area contributed by atoms with E-state index in [9.17, 15) is 24.6 Å². The van der Waals surface area contributed by atoms with Crippen molar-refractivity contribution in [1.29, 1.82) is 0 Å². The number of aliphatic hydroxyl groups is 1. The molecule has 0 bridgehead atoms. The Hall–Kier alpha value is -3.85. The summed E-state index contributed by atoms with van der Waals surface area (Å²) in [7, 11) is 1.29. The molecule has 0 aliphatic rings. The van der Waals surface area contributed by atoms with Gasteiger partial charge >= 0.3 is 11.9 Å². The zero-order valence-corrected chi connectivity index (χ0v) is 17.5. The van der Waals surface area contributed by atoms with Crippen LogP contribution in [0.15, 0.2) is 56.1 Å². The molecule has 0 fully saturated rings. The fourth-order valence-electron chi connectivity index (χ4n) is 3.16. The largest absolute Gasteiger partial charge is 0.502 e. The summed E-state index contributed by atoms with van der Waals surface area (Å²) in [5.74, 6) is -2.34. The number of methoxy groups -OCH3 is 1. The summed E-state index contributed by atoms with van der Waals surface area (Å²) < 4.78 is 21.1. The quantitative estimate of drug-likeness (QED) is 0.504. The number of hydrogen-bond acceptors (Lipinski definition) is 9. The molecule has 0 aliphatic heterocycles. The van der Waals surface area contributed by atoms with Crippen molar-refractivity contribution in [3.8, 4) is 17.1 Å². The van der Waals surface area contributed by atoms with Crippen LogP contribution in [0.3, 0.4) is 0 Å². The lowest BCUT2D eigenvalue weighted by molar-refractivity contribution is -0.143. The summed E-state index contributed by atoms with van der Waals surface area (Å²) in [6.07, 6.45) is -0.270. The highest BCUT2D eigenvalue weighted by Gasteiger charge is 2.29. The fourth-order valence-corrected chi connectivity index (χ4v) is 3.16. The topological polar surface area (TPSA) is 136 Å². The molecule has 2 heterocycles. The molecule has 0 spiro atoms. The summed E-state index contributed by atoms with van der Waals surface area (Å²) in [6, 6.07) is 10.7. The van der Waals surface area contributed by atoms with Crippen molar-refractivity contribution in [2.45, 2.75) is 25.9 Å². The molecule has 1 aromatic carbocycles. The molecule has 168 valence electrons. The summed E-state index contributed by atoms with van der Waals surface area (Å²) in [5, 5.41) is 19.7. The average Bonchev–Trinajstić information content (AvgIpc) is 3.29. The summed E-state index contributed by atoms with van der Waals surface area (Å²) in [6.45, 7) is 1.23. The lowest BCUT2D eigenvalue weighted by Crippen LogP contribution is -2.14. The smallest absolute Gasteiger partial charge is 0.337 e. The highest BCUT2D eigenvalue weighted by Crippen LogP contribution is 2.36. The van der Waals surface area contributed by atoms with E-state index in [1.807, 2.05) is 0 Å². The molecule has 32 heavy (non-hydrogen) atoms. The lowest BCUT2D eigenvalue weighted by Gasteiger charge is -2.15. The van der Waals surface area contributed by atoms with Crippen LogP contribution in [0.1, 0.15) is 46.9 Å². The molecule has 2 N–H and O–H groups in total. The van der Waals surface area contributed by atoms with Crippen LogP contribution in [0.5, 0.6) is 5.75 Å². The Morgan fingerprint density at radius 1 is 1.09 bits per heavy atom. The zero-order chi connectivity index (χ0) is 23.3.